The number of carbonyl (C=O) groups is 1. The van der Waals surface area contributed by atoms with E-state index < -0.39 is 0 Å². The van der Waals surface area contributed by atoms with Crippen molar-refractivity contribution < 1.29 is 4.79 Å². The molecule has 4 heteroatoms. The van der Waals surface area contributed by atoms with E-state index in [1.165, 1.54) is 0 Å². The van der Waals surface area contributed by atoms with Crippen LogP contribution in [-0.2, 0) is 0 Å². The monoisotopic (exact) mass is 252 g/mol. The molecule has 0 saturated heterocycles. The Bertz CT molecular complexity index is 393. The van der Waals surface area contributed by atoms with Crippen molar-refractivity contribution in [3.8, 4) is 0 Å². The van der Waals surface area contributed by atoms with Gasteiger partial charge in [0.05, 0.1) is 5.56 Å². The number of benzene rings is 1. The van der Waals surface area contributed by atoms with Crippen molar-refractivity contribution in [3.63, 3.8) is 0 Å². The van der Waals surface area contributed by atoms with E-state index >= 15 is 0 Å². The fourth-order valence-electron chi connectivity index (χ4n) is 1.59. The molecule has 0 bridgehead atoms. The van der Waals surface area contributed by atoms with Crippen molar-refractivity contribution in [1.29, 1.82) is 0 Å². The summed E-state index contributed by atoms with van der Waals surface area (Å²) in [4.78, 5) is 14.0. The Balaban J connectivity index is 2.90. The third kappa shape index (κ3) is 3.66. The van der Waals surface area contributed by atoms with Gasteiger partial charge in [0.2, 0.25) is 0 Å². The van der Waals surface area contributed by atoms with Gasteiger partial charge in [0.1, 0.15) is 0 Å². The van der Waals surface area contributed by atoms with Gasteiger partial charge in [0.25, 0.3) is 5.91 Å². The van der Waals surface area contributed by atoms with Crippen molar-refractivity contribution in [2.45, 2.75) is 6.92 Å². The predicted molar refractivity (Wildman–Crippen MR) is 76.1 cm³/mol. The molecule has 0 atom stereocenters. The molecule has 0 aliphatic heterocycles. The number of carbonyl (C=O) groups excluding carboxylic acids is 1. The number of hydrogen-bond acceptors (Lipinski definition) is 3. The highest BCUT2D eigenvalue weighted by Crippen LogP contribution is 2.18. The standard InChI is InChI=1S/C13H20N2OS/c1-10-5-6-12(14-2)11(9-10)13(16)15(3)7-8-17-4/h5-6,9,14H,7-8H2,1-4H3. The molecule has 1 aromatic rings. The Morgan fingerprint density at radius 3 is 2.76 bits per heavy atom. The smallest absolute Gasteiger partial charge is 0.255 e. The molecule has 0 aliphatic carbocycles. The fourth-order valence-corrected chi connectivity index (χ4v) is 2.04. The third-order valence-corrected chi connectivity index (χ3v) is 3.24. The van der Waals surface area contributed by atoms with Gasteiger partial charge >= 0.3 is 0 Å². The van der Waals surface area contributed by atoms with Gasteiger partial charge < -0.3 is 10.2 Å². The van der Waals surface area contributed by atoms with E-state index in [-0.39, 0.29) is 5.91 Å². The van der Waals surface area contributed by atoms with E-state index in [9.17, 15) is 4.79 Å². The SMILES string of the molecule is CNc1ccc(C)cc1C(=O)N(C)CCSC. The molecule has 0 heterocycles. The summed E-state index contributed by atoms with van der Waals surface area (Å²) >= 11 is 1.75. The minimum absolute atomic E-state index is 0.0760. The zero-order chi connectivity index (χ0) is 12.8. The lowest BCUT2D eigenvalue weighted by molar-refractivity contribution is 0.0804. The quantitative estimate of drug-likeness (QED) is 0.873. The molecule has 1 N–H and O–H groups in total. The second-order valence-corrected chi connectivity index (χ2v) is 5.00. The third-order valence-electron chi connectivity index (χ3n) is 2.65. The maximum atomic E-state index is 12.3. The number of anilines is 1. The highest BCUT2D eigenvalue weighted by molar-refractivity contribution is 7.98. The van der Waals surface area contributed by atoms with Crippen LogP contribution < -0.4 is 5.32 Å². The molecule has 1 rings (SSSR count). The summed E-state index contributed by atoms with van der Waals surface area (Å²) in [5, 5.41) is 3.06. The normalized spacial score (nSPS) is 10.1. The van der Waals surface area contributed by atoms with Gasteiger partial charge in [-0.15, -0.1) is 0 Å². The van der Waals surface area contributed by atoms with Crippen LogP contribution in [0.5, 0.6) is 0 Å². The van der Waals surface area contributed by atoms with Crippen molar-refractivity contribution >= 4 is 23.4 Å². The van der Waals surface area contributed by atoms with Crippen LogP contribution in [0.2, 0.25) is 0 Å². The largest absolute Gasteiger partial charge is 0.387 e. The Morgan fingerprint density at radius 1 is 1.47 bits per heavy atom. The summed E-state index contributed by atoms with van der Waals surface area (Å²) in [6, 6.07) is 5.89. The summed E-state index contributed by atoms with van der Waals surface area (Å²) < 4.78 is 0. The Kier molecular flexibility index (Phi) is 5.35. The molecule has 3 nitrogen and oxygen atoms in total. The molecule has 0 radical (unpaired) electrons. The number of amides is 1. The molecule has 17 heavy (non-hydrogen) atoms. The van der Waals surface area contributed by atoms with Crippen molar-refractivity contribution in [2.75, 3.05) is 38.0 Å². The number of hydrogen-bond donors (Lipinski definition) is 1. The predicted octanol–water partition coefficient (Wildman–Crippen LogP) is 2.47. The first-order valence-electron chi connectivity index (χ1n) is 5.63. The lowest BCUT2D eigenvalue weighted by Gasteiger charge is -2.18. The van der Waals surface area contributed by atoms with Gasteiger partial charge in [-0.05, 0) is 25.3 Å². The van der Waals surface area contributed by atoms with Gasteiger partial charge in [-0.3, -0.25) is 4.79 Å². The van der Waals surface area contributed by atoms with E-state index in [1.54, 1.807) is 16.7 Å². The van der Waals surface area contributed by atoms with Crippen molar-refractivity contribution in [2.24, 2.45) is 0 Å². The highest BCUT2D eigenvalue weighted by Gasteiger charge is 2.15. The number of aryl methyl sites for hydroxylation is 1. The molecule has 0 saturated carbocycles. The summed E-state index contributed by atoms with van der Waals surface area (Å²) in [6.07, 6.45) is 2.05. The number of nitrogens with zero attached hydrogens (tertiary/aromatic N) is 1. The van der Waals surface area contributed by atoms with Gasteiger partial charge in [0, 0.05) is 32.1 Å². The molecule has 0 unspecified atom stereocenters. The van der Waals surface area contributed by atoms with Gasteiger partial charge in [0.15, 0.2) is 0 Å². The van der Waals surface area contributed by atoms with Crippen LogP contribution in [0.4, 0.5) is 5.69 Å². The molecule has 0 aliphatic rings. The van der Waals surface area contributed by atoms with Crippen LogP contribution in [0.1, 0.15) is 15.9 Å². The van der Waals surface area contributed by atoms with Crippen molar-refractivity contribution in [1.82, 2.24) is 4.90 Å². The fraction of sp³-hybridized carbons (Fsp3) is 0.462. The molecule has 1 amide bonds. The molecule has 1 aromatic carbocycles. The van der Waals surface area contributed by atoms with Crippen LogP contribution in [0.15, 0.2) is 18.2 Å². The van der Waals surface area contributed by atoms with Gasteiger partial charge in [-0.25, -0.2) is 0 Å². The lowest BCUT2D eigenvalue weighted by Crippen LogP contribution is -2.29. The van der Waals surface area contributed by atoms with E-state index in [1.807, 2.05) is 45.5 Å². The number of nitrogens with one attached hydrogen (secondary N) is 1. The van der Waals surface area contributed by atoms with E-state index in [2.05, 4.69) is 5.32 Å². The van der Waals surface area contributed by atoms with E-state index in [0.717, 1.165) is 29.1 Å². The van der Waals surface area contributed by atoms with Crippen molar-refractivity contribution in [3.05, 3.63) is 29.3 Å². The van der Waals surface area contributed by atoms with Crippen LogP contribution in [0.25, 0.3) is 0 Å². The molecule has 0 aromatic heterocycles. The minimum atomic E-state index is 0.0760. The van der Waals surface area contributed by atoms with E-state index in [0.29, 0.717) is 0 Å². The highest BCUT2D eigenvalue weighted by atomic mass is 32.2. The Hall–Kier alpha value is -1.16. The molecular formula is C13H20N2OS. The van der Waals surface area contributed by atoms with E-state index in [4.69, 9.17) is 0 Å². The average molecular weight is 252 g/mol. The molecule has 94 valence electrons. The average Bonchev–Trinajstić information content (AvgIpc) is 2.34. The van der Waals surface area contributed by atoms with Crippen LogP contribution in [0.3, 0.4) is 0 Å². The summed E-state index contributed by atoms with van der Waals surface area (Å²) in [7, 11) is 3.68. The first kappa shape index (κ1) is 13.9. The molecule has 0 fully saturated rings. The first-order valence-corrected chi connectivity index (χ1v) is 7.02. The summed E-state index contributed by atoms with van der Waals surface area (Å²) in [6.45, 7) is 2.77. The molecule has 0 spiro atoms. The number of thioether (sulfide) groups is 1. The zero-order valence-corrected chi connectivity index (χ0v) is 11.7. The lowest BCUT2D eigenvalue weighted by atomic mass is 10.1. The number of rotatable bonds is 5. The van der Waals surface area contributed by atoms with Crippen LogP contribution in [-0.4, -0.2) is 43.5 Å². The minimum Gasteiger partial charge on any atom is -0.387 e. The Morgan fingerprint density at radius 2 is 2.18 bits per heavy atom. The molecular weight excluding hydrogens is 232 g/mol. The maximum absolute atomic E-state index is 12.3. The Labute approximate surface area is 108 Å². The van der Waals surface area contributed by atoms with Gasteiger partial charge in [-0.2, -0.15) is 11.8 Å². The van der Waals surface area contributed by atoms with Crippen LogP contribution in [0, 0.1) is 6.92 Å². The topological polar surface area (TPSA) is 32.3 Å². The maximum Gasteiger partial charge on any atom is 0.255 e. The second-order valence-electron chi connectivity index (χ2n) is 4.02. The first-order chi connectivity index (χ1) is 8.10. The zero-order valence-electron chi connectivity index (χ0n) is 10.9. The summed E-state index contributed by atoms with van der Waals surface area (Å²) in [5.41, 5.74) is 2.73. The van der Waals surface area contributed by atoms with Gasteiger partial charge in [-0.1, -0.05) is 11.6 Å². The van der Waals surface area contributed by atoms with Crippen LogP contribution >= 0.6 is 11.8 Å². The second kappa shape index (κ2) is 6.55. The summed E-state index contributed by atoms with van der Waals surface area (Å²) in [5.74, 6) is 1.04.